The van der Waals surface area contributed by atoms with Gasteiger partial charge in [0.05, 0.1) is 5.69 Å². The van der Waals surface area contributed by atoms with Crippen LogP contribution in [0.3, 0.4) is 0 Å². The van der Waals surface area contributed by atoms with Gasteiger partial charge in [0.15, 0.2) is 0 Å². The number of piperazine rings is 1. The average molecular weight is 237 g/mol. The van der Waals surface area contributed by atoms with Crippen molar-refractivity contribution in [3.8, 4) is 0 Å². The number of aryl methyl sites for hydroxylation is 2. The Balaban J connectivity index is 2.33. The number of aromatic nitrogens is 2. The quantitative estimate of drug-likeness (QED) is 0.805. The molecule has 0 aliphatic carbocycles. The summed E-state index contributed by atoms with van der Waals surface area (Å²) < 4.78 is 1.97. The average Bonchev–Trinajstić information content (AvgIpc) is 2.53. The van der Waals surface area contributed by atoms with E-state index in [0.29, 0.717) is 12.6 Å². The summed E-state index contributed by atoms with van der Waals surface area (Å²) in [6.07, 6.45) is 0. The highest BCUT2D eigenvalue weighted by Crippen LogP contribution is 2.26. The molecule has 0 saturated carbocycles. The fourth-order valence-corrected chi connectivity index (χ4v) is 2.74. The first-order valence-electron chi connectivity index (χ1n) is 6.22. The third-order valence-electron chi connectivity index (χ3n) is 3.62. The summed E-state index contributed by atoms with van der Waals surface area (Å²) >= 11 is 0. The predicted octanol–water partition coefficient (Wildman–Crippen LogP) is 0.328. The van der Waals surface area contributed by atoms with E-state index in [4.69, 9.17) is 5.73 Å². The van der Waals surface area contributed by atoms with E-state index >= 15 is 0 Å². The zero-order chi connectivity index (χ0) is 12.6. The first-order chi connectivity index (χ1) is 8.04. The van der Waals surface area contributed by atoms with Crippen LogP contribution in [0.4, 0.5) is 5.82 Å². The van der Waals surface area contributed by atoms with Crippen molar-refractivity contribution < 1.29 is 0 Å². The van der Waals surface area contributed by atoms with Gasteiger partial charge in [-0.05, 0) is 20.9 Å². The number of hydrogen-bond acceptors (Lipinski definition) is 4. The number of likely N-dealkylation sites (N-methyl/N-ethyl adjacent to an activating group) is 1. The van der Waals surface area contributed by atoms with Crippen molar-refractivity contribution in [2.45, 2.75) is 26.4 Å². The Bertz CT molecular complexity index is 398. The summed E-state index contributed by atoms with van der Waals surface area (Å²) in [5.41, 5.74) is 8.09. The lowest BCUT2D eigenvalue weighted by Gasteiger charge is -2.40. The molecule has 1 saturated heterocycles. The molecule has 5 heteroatoms. The van der Waals surface area contributed by atoms with Crippen molar-refractivity contribution in [1.29, 1.82) is 0 Å². The second-order valence-corrected chi connectivity index (χ2v) is 5.02. The molecule has 1 fully saturated rings. The number of rotatable bonds is 2. The van der Waals surface area contributed by atoms with E-state index in [-0.39, 0.29) is 0 Å². The molecule has 0 radical (unpaired) electrons. The molecule has 1 atom stereocenters. The molecule has 1 aromatic heterocycles. The topological polar surface area (TPSA) is 50.3 Å². The van der Waals surface area contributed by atoms with Crippen LogP contribution in [-0.4, -0.2) is 47.4 Å². The summed E-state index contributed by atoms with van der Waals surface area (Å²) in [5, 5.41) is 4.49. The Hall–Kier alpha value is -1.07. The third kappa shape index (κ3) is 2.17. The molecule has 1 aliphatic rings. The largest absolute Gasteiger partial charge is 0.351 e. The third-order valence-corrected chi connectivity index (χ3v) is 3.62. The van der Waals surface area contributed by atoms with Gasteiger partial charge in [0, 0.05) is 44.8 Å². The normalized spacial score (nSPS) is 22.2. The number of anilines is 1. The van der Waals surface area contributed by atoms with Gasteiger partial charge in [-0.1, -0.05) is 0 Å². The van der Waals surface area contributed by atoms with Crippen LogP contribution in [0, 0.1) is 6.92 Å². The maximum absolute atomic E-state index is 5.85. The molecule has 1 unspecified atom stereocenters. The second kappa shape index (κ2) is 4.66. The van der Waals surface area contributed by atoms with E-state index in [1.54, 1.807) is 0 Å². The Kier molecular flexibility index (Phi) is 3.40. The van der Waals surface area contributed by atoms with Gasteiger partial charge in [-0.3, -0.25) is 4.68 Å². The molecule has 96 valence electrons. The fourth-order valence-electron chi connectivity index (χ4n) is 2.74. The molecule has 2 N–H and O–H groups in total. The molecule has 5 nitrogen and oxygen atoms in total. The number of nitrogens with two attached hydrogens (primary N) is 1. The lowest BCUT2D eigenvalue weighted by Crippen LogP contribution is -2.51. The van der Waals surface area contributed by atoms with Gasteiger partial charge in [-0.15, -0.1) is 0 Å². The lowest BCUT2D eigenvalue weighted by molar-refractivity contribution is 0.273. The Morgan fingerprint density at radius 3 is 2.65 bits per heavy atom. The highest BCUT2D eigenvalue weighted by Gasteiger charge is 2.26. The summed E-state index contributed by atoms with van der Waals surface area (Å²) in [6.45, 7) is 8.09. The van der Waals surface area contributed by atoms with Gasteiger partial charge in [-0.25, -0.2) is 0 Å². The molecule has 1 aliphatic heterocycles. The van der Waals surface area contributed by atoms with E-state index in [9.17, 15) is 0 Å². The molecular weight excluding hydrogens is 214 g/mol. The molecule has 0 spiro atoms. The highest BCUT2D eigenvalue weighted by atomic mass is 15.4. The van der Waals surface area contributed by atoms with Crippen LogP contribution >= 0.6 is 0 Å². The molecule has 0 aromatic carbocycles. The lowest BCUT2D eigenvalue weighted by atomic mass is 10.1. The van der Waals surface area contributed by atoms with Crippen LogP contribution in [0.25, 0.3) is 0 Å². The van der Waals surface area contributed by atoms with Crippen LogP contribution in [0.5, 0.6) is 0 Å². The van der Waals surface area contributed by atoms with Crippen molar-refractivity contribution >= 4 is 5.82 Å². The van der Waals surface area contributed by atoms with Gasteiger partial charge >= 0.3 is 0 Å². The second-order valence-electron chi connectivity index (χ2n) is 5.02. The Morgan fingerprint density at radius 1 is 1.35 bits per heavy atom. The van der Waals surface area contributed by atoms with Gasteiger partial charge in [0.2, 0.25) is 0 Å². The van der Waals surface area contributed by atoms with Crippen molar-refractivity contribution in [3.05, 3.63) is 11.3 Å². The molecular formula is C12H23N5. The monoisotopic (exact) mass is 237 g/mol. The van der Waals surface area contributed by atoms with Gasteiger partial charge < -0.3 is 15.5 Å². The minimum atomic E-state index is 0.508. The minimum Gasteiger partial charge on any atom is -0.351 e. The van der Waals surface area contributed by atoms with Crippen molar-refractivity contribution in [2.75, 3.05) is 31.6 Å². The molecule has 0 amide bonds. The predicted molar refractivity (Wildman–Crippen MR) is 70.1 cm³/mol. The Labute approximate surface area is 103 Å². The van der Waals surface area contributed by atoms with Gasteiger partial charge in [-0.2, -0.15) is 5.10 Å². The molecule has 17 heavy (non-hydrogen) atoms. The van der Waals surface area contributed by atoms with Crippen LogP contribution in [-0.2, 0) is 13.6 Å². The molecule has 0 bridgehead atoms. The van der Waals surface area contributed by atoms with E-state index < -0.39 is 0 Å². The summed E-state index contributed by atoms with van der Waals surface area (Å²) in [5.74, 6) is 1.20. The van der Waals surface area contributed by atoms with Crippen molar-refractivity contribution in [2.24, 2.45) is 12.8 Å². The zero-order valence-electron chi connectivity index (χ0n) is 11.3. The van der Waals surface area contributed by atoms with E-state index in [2.05, 4.69) is 28.9 Å². The van der Waals surface area contributed by atoms with Crippen molar-refractivity contribution in [1.82, 2.24) is 14.7 Å². The van der Waals surface area contributed by atoms with Crippen LogP contribution in [0.2, 0.25) is 0 Å². The fraction of sp³-hybridized carbons (Fsp3) is 0.750. The number of nitrogens with zero attached hydrogens (tertiary/aromatic N) is 4. The van der Waals surface area contributed by atoms with Crippen LogP contribution in [0.1, 0.15) is 18.2 Å². The highest BCUT2D eigenvalue weighted by molar-refractivity contribution is 5.51. The maximum atomic E-state index is 5.85. The Morgan fingerprint density at radius 2 is 2.06 bits per heavy atom. The van der Waals surface area contributed by atoms with E-state index in [1.165, 1.54) is 11.4 Å². The minimum absolute atomic E-state index is 0.508. The SMILES string of the molecule is Cc1nn(C)c(N2CCN(C)CC2C)c1CN. The number of hydrogen-bond donors (Lipinski definition) is 1. The first-order valence-corrected chi connectivity index (χ1v) is 6.22. The molecule has 1 aromatic rings. The molecule has 2 rings (SSSR count). The van der Waals surface area contributed by atoms with Gasteiger partial charge in [0.1, 0.15) is 5.82 Å². The van der Waals surface area contributed by atoms with E-state index in [0.717, 1.165) is 25.3 Å². The zero-order valence-corrected chi connectivity index (χ0v) is 11.3. The maximum Gasteiger partial charge on any atom is 0.131 e. The summed E-state index contributed by atoms with van der Waals surface area (Å²) in [7, 11) is 4.18. The van der Waals surface area contributed by atoms with Crippen molar-refractivity contribution in [3.63, 3.8) is 0 Å². The van der Waals surface area contributed by atoms with Gasteiger partial charge in [0.25, 0.3) is 0 Å². The van der Waals surface area contributed by atoms with Crippen LogP contribution in [0.15, 0.2) is 0 Å². The molecule has 2 heterocycles. The summed E-state index contributed by atoms with van der Waals surface area (Å²) in [6, 6.07) is 0.508. The van der Waals surface area contributed by atoms with Crippen LogP contribution < -0.4 is 10.6 Å². The van der Waals surface area contributed by atoms with E-state index in [1.807, 2.05) is 18.7 Å². The first kappa shape index (κ1) is 12.4. The summed E-state index contributed by atoms with van der Waals surface area (Å²) in [4.78, 5) is 4.80. The smallest absolute Gasteiger partial charge is 0.131 e. The standard InChI is InChI=1S/C12H23N5/c1-9-8-15(3)5-6-17(9)12-11(7-13)10(2)14-16(12)4/h9H,5-8,13H2,1-4H3.